The molecule has 0 radical (unpaired) electrons. The van der Waals surface area contributed by atoms with Gasteiger partial charge in [0.15, 0.2) is 11.6 Å². The highest BCUT2D eigenvalue weighted by Gasteiger charge is 2.18. The molecule has 0 saturated carbocycles. The molecule has 0 N–H and O–H groups in total. The summed E-state index contributed by atoms with van der Waals surface area (Å²) in [4.78, 5) is 0. The zero-order valence-corrected chi connectivity index (χ0v) is 11.2. The summed E-state index contributed by atoms with van der Waals surface area (Å²) in [7, 11) is -1.45. The van der Waals surface area contributed by atoms with Crippen LogP contribution in [0.4, 0.5) is 13.2 Å². The molecule has 1 unspecified atom stereocenters. The molecule has 0 amide bonds. The van der Waals surface area contributed by atoms with Crippen LogP contribution in [0.1, 0.15) is 26.3 Å². The number of halogens is 3. The van der Waals surface area contributed by atoms with Crippen LogP contribution in [0.3, 0.4) is 0 Å². The van der Waals surface area contributed by atoms with Crippen molar-refractivity contribution >= 4 is 17.2 Å². The second kappa shape index (κ2) is 5.65. The molecule has 6 heteroatoms. The molecule has 0 fully saturated rings. The van der Waals surface area contributed by atoms with Crippen molar-refractivity contribution in [2.75, 3.05) is 0 Å². The highest BCUT2D eigenvalue weighted by Crippen LogP contribution is 2.15. The summed E-state index contributed by atoms with van der Waals surface area (Å²) in [5.41, 5.74) is -0.0245. The third-order valence-corrected chi connectivity index (χ3v) is 3.48. The minimum absolute atomic E-state index is 0.0245. The number of benzene rings is 1. The van der Waals surface area contributed by atoms with Crippen LogP contribution in [-0.4, -0.2) is 15.2 Å². The van der Waals surface area contributed by atoms with Crippen LogP contribution in [0.15, 0.2) is 16.5 Å². The maximum atomic E-state index is 13.2. The predicted octanol–water partition coefficient (Wildman–Crippen LogP) is 3.18. The van der Waals surface area contributed by atoms with Crippen molar-refractivity contribution in [2.45, 2.75) is 31.9 Å². The molecule has 0 aromatic heterocycles. The van der Waals surface area contributed by atoms with Crippen molar-refractivity contribution < 1.29 is 17.4 Å². The third-order valence-electron chi connectivity index (χ3n) is 2.09. The molecule has 100 valence electrons. The molecule has 0 bridgehead atoms. The van der Waals surface area contributed by atoms with Crippen molar-refractivity contribution in [3.05, 3.63) is 35.1 Å². The molecular weight excluding hydrogens is 263 g/mol. The van der Waals surface area contributed by atoms with Gasteiger partial charge in [0.05, 0.1) is 4.75 Å². The van der Waals surface area contributed by atoms with Crippen LogP contribution >= 0.6 is 0 Å². The smallest absolute Gasteiger partial charge is 0.161 e. The summed E-state index contributed by atoms with van der Waals surface area (Å²) in [6.45, 7) is 5.25. The van der Waals surface area contributed by atoms with E-state index in [1.165, 1.54) is 6.21 Å². The van der Waals surface area contributed by atoms with Gasteiger partial charge in [0.2, 0.25) is 0 Å². The Labute approximate surface area is 107 Å². The van der Waals surface area contributed by atoms with Crippen LogP contribution in [0.5, 0.6) is 0 Å². The fourth-order valence-corrected chi connectivity index (χ4v) is 1.61. The lowest BCUT2D eigenvalue weighted by atomic mass is 10.1. The van der Waals surface area contributed by atoms with Gasteiger partial charge in [-0.1, -0.05) is 0 Å². The summed E-state index contributed by atoms with van der Waals surface area (Å²) in [5.74, 6) is -3.19. The Morgan fingerprint density at radius 2 is 1.72 bits per heavy atom. The summed E-state index contributed by atoms with van der Waals surface area (Å²) in [5, 5.41) is 0. The lowest BCUT2D eigenvalue weighted by molar-refractivity contribution is 0.491. The molecule has 0 aliphatic rings. The van der Waals surface area contributed by atoms with E-state index < -0.39 is 33.2 Å². The van der Waals surface area contributed by atoms with Crippen LogP contribution < -0.4 is 0 Å². The van der Waals surface area contributed by atoms with Gasteiger partial charge in [-0.25, -0.2) is 17.4 Å². The quantitative estimate of drug-likeness (QED) is 0.616. The van der Waals surface area contributed by atoms with Crippen molar-refractivity contribution in [3.63, 3.8) is 0 Å². The number of nitrogens with zero attached hydrogens (tertiary/aromatic N) is 1. The standard InChI is InChI=1S/C12H14F3NOS/c1-12(2,3)18(17)16-5-4-8-6-10(14)11(15)7-9(8)13/h5-7H,4H2,1-3H3/b16-5+. The van der Waals surface area contributed by atoms with Crippen LogP contribution in [0, 0.1) is 17.5 Å². The summed E-state index contributed by atoms with van der Waals surface area (Å²) >= 11 is 0. The van der Waals surface area contributed by atoms with E-state index >= 15 is 0 Å². The summed E-state index contributed by atoms with van der Waals surface area (Å²) in [6.07, 6.45) is 1.21. The van der Waals surface area contributed by atoms with E-state index in [-0.39, 0.29) is 12.0 Å². The molecular formula is C12H14F3NOS. The molecule has 0 saturated heterocycles. The van der Waals surface area contributed by atoms with Gasteiger partial charge in [0, 0.05) is 18.7 Å². The average Bonchev–Trinajstić information content (AvgIpc) is 2.23. The molecule has 1 atom stereocenters. The molecule has 0 spiro atoms. The Morgan fingerprint density at radius 1 is 1.17 bits per heavy atom. The largest absolute Gasteiger partial charge is 0.234 e. The lowest BCUT2D eigenvalue weighted by Crippen LogP contribution is -2.19. The molecule has 1 aromatic carbocycles. The van der Waals surface area contributed by atoms with Gasteiger partial charge >= 0.3 is 0 Å². The molecule has 0 aliphatic carbocycles. The van der Waals surface area contributed by atoms with Gasteiger partial charge in [-0.3, -0.25) is 0 Å². The maximum Gasteiger partial charge on any atom is 0.161 e. The first-order valence-electron chi connectivity index (χ1n) is 5.30. The molecule has 0 aliphatic heterocycles. The topological polar surface area (TPSA) is 29.4 Å². The van der Waals surface area contributed by atoms with E-state index in [1.807, 2.05) is 0 Å². The number of hydrogen-bond donors (Lipinski definition) is 0. The predicted molar refractivity (Wildman–Crippen MR) is 66.4 cm³/mol. The lowest BCUT2D eigenvalue weighted by Gasteiger charge is -2.12. The molecule has 0 heterocycles. The number of hydrogen-bond acceptors (Lipinski definition) is 1. The zero-order valence-electron chi connectivity index (χ0n) is 10.3. The molecule has 18 heavy (non-hydrogen) atoms. The van der Waals surface area contributed by atoms with Gasteiger partial charge in [0.1, 0.15) is 16.8 Å². The van der Waals surface area contributed by atoms with Gasteiger partial charge < -0.3 is 0 Å². The Hall–Kier alpha value is -1.17. The summed E-state index contributed by atoms with van der Waals surface area (Å²) < 4.78 is 53.6. The summed E-state index contributed by atoms with van der Waals surface area (Å²) in [6, 6.07) is 1.26. The molecule has 2 nitrogen and oxygen atoms in total. The normalized spacial score (nSPS) is 14.1. The first-order valence-corrected chi connectivity index (χ1v) is 6.40. The Kier molecular flexibility index (Phi) is 4.67. The minimum atomic E-state index is -1.45. The molecule has 1 aromatic rings. The van der Waals surface area contributed by atoms with Crippen molar-refractivity contribution in [1.29, 1.82) is 0 Å². The first kappa shape index (κ1) is 14.9. The fourth-order valence-electron chi connectivity index (χ4n) is 1.08. The van der Waals surface area contributed by atoms with E-state index in [0.29, 0.717) is 6.07 Å². The monoisotopic (exact) mass is 277 g/mol. The van der Waals surface area contributed by atoms with Crippen LogP contribution in [0.25, 0.3) is 0 Å². The van der Waals surface area contributed by atoms with Gasteiger partial charge in [-0.15, -0.1) is 0 Å². The fraction of sp³-hybridized carbons (Fsp3) is 0.417. The number of rotatable bonds is 3. The minimum Gasteiger partial charge on any atom is -0.234 e. The second-order valence-corrected chi connectivity index (χ2v) is 6.65. The highest BCUT2D eigenvalue weighted by molar-refractivity contribution is 7.85. The van der Waals surface area contributed by atoms with E-state index in [9.17, 15) is 17.4 Å². The van der Waals surface area contributed by atoms with E-state index in [2.05, 4.69) is 4.40 Å². The highest BCUT2D eigenvalue weighted by atomic mass is 32.2. The van der Waals surface area contributed by atoms with Crippen LogP contribution in [0.2, 0.25) is 0 Å². The Balaban J connectivity index is 2.79. The van der Waals surface area contributed by atoms with E-state index in [1.54, 1.807) is 20.8 Å². The van der Waals surface area contributed by atoms with Crippen molar-refractivity contribution in [1.82, 2.24) is 0 Å². The van der Waals surface area contributed by atoms with Crippen molar-refractivity contribution in [2.24, 2.45) is 4.40 Å². The van der Waals surface area contributed by atoms with E-state index in [4.69, 9.17) is 0 Å². The Morgan fingerprint density at radius 3 is 2.28 bits per heavy atom. The SMILES string of the molecule is CC(C)(C)S(=O)/N=C/Cc1cc(F)c(F)cc1F. The van der Waals surface area contributed by atoms with Crippen LogP contribution in [-0.2, 0) is 17.4 Å². The van der Waals surface area contributed by atoms with E-state index in [0.717, 1.165) is 6.07 Å². The van der Waals surface area contributed by atoms with Crippen molar-refractivity contribution in [3.8, 4) is 0 Å². The second-order valence-electron chi connectivity index (χ2n) is 4.71. The maximum absolute atomic E-state index is 13.2. The van der Waals surface area contributed by atoms with Gasteiger partial charge in [-0.05, 0) is 32.4 Å². The zero-order chi connectivity index (χ0) is 13.9. The third kappa shape index (κ3) is 3.94. The molecule has 1 rings (SSSR count). The van der Waals surface area contributed by atoms with Gasteiger partial charge in [0.25, 0.3) is 0 Å². The average molecular weight is 277 g/mol. The van der Waals surface area contributed by atoms with Gasteiger partial charge in [-0.2, -0.15) is 4.40 Å². The Bertz CT molecular complexity index is 495. The first-order chi connectivity index (χ1) is 8.21.